The van der Waals surface area contributed by atoms with Gasteiger partial charge >= 0.3 is 5.97 Å². The third-order valence-corrected chi connectivity index (χ3v) is 5.35. The van der Waals surface area contributed by atoms with Crippen LogP contribution < -0.4 is 5.32 Å². The van der Waals surface area contributed by atoms with Crippen molar-refractivity contribution in [3.05, 3.63) is 41.3 Å². The van der Waals surface area contributed by atoms with Gasteiger partial charge in [0.15, 0.2) is 0 Å². The minimum Gasteiger partial charge on any atom is -0.465 e. The van der Waals surface area contributed by atoms with Gasteiger partial charge in [-0.1, -0.05) is 12.5 Å². The van der Waals surface area contributed by atoms with Crippen LogP contribution in [0.2, 0.25) is 0 Å². The molecule has 1 aromatic heterocycles. The molecule has 2 heterocycles. The standard InChI is InChI=1S/C22H30N4O2/c1-16-14-18(22(27)28-3)8-9-19(16)20-17(2)24-15-25-21(20)23-10-7-13-26-11-5-4-6-12-26/h8-9,14-15H,4-7,10-13H2,1-3H3,(H,23,24,25). The molecule has 0 amide bonds. The van der Waals surface area contributed by atoms with Crippen LogP contribution in [0.15, 0.2) is 24.5 Å². The summed E-state index contributed by atoms with van der Waals surface area (Å²) in [5.74, 6) is 0.520. The molecule has 6 heteroatoms. The highest BCUT2D eigenvalue weighted by atomic mass is 16.5. The second-order valence-electron chi connectivity index (χ2n) is 7.39. The molecule has 1 aromatic carbocycles. The van der Waals surface area contributed by atoms with E-state index in [0.29, 0.717) is 5.56 Å². The molecule has 3 rings (SSSR count). The number of hydrogen-bond donors (Lipinski definition) is 1. The maximum atomic E-state index is 11.8. The van der Waals surface area contributed by atoms with Crippen LogP contribution in [-0.2, 0) is 4.74 Å². The smallest absolute Gasteiger partial charge is 0.337 e. The molecule has 0 atom stereocenters. The molecule has 0 spiro atoms. The Balaban J connectivity index is 1.72. The first-order valence-electron chi connectivity index (χ1n) is 10.1. The van der Waals surface area contributed by atoms with Crippen molar-refractivity contribution in [1.82, 2.24) is 14.9 Å². The zero-order chi connectivity index (χ0) is 19.9. The number of ether oxygens (including phenoxy) is 1. The zero-order valence-electron chi connectivity index (χ0n) is 17.1. The normalized spacial score (nSPS) is 14.7. The molecule has 6 nitrogen and oxygen atoms in total. The van der Waals surface area contributed by atoms with Crippen molar-refractivity contribution >= 4 is 11.8 Å². The summed E-state index contributed by atoms with van der Waals surface area (Å²) in [6.07, 6.45) is 6.70. The van der Waals surface area contributed by atoms with Crippen LogP contribution in [0.25, 0.3) is 11.1 Å². The summed E-state index contributed by atoms with van der Waals surface area (Å²) in [6.45, 7) is 8.43. The molecule has 1 aliphatic heterocycles. The molecular weight excluding hydrogens is 352 g/mol. The number of nitrogens with one attached hydrogen (secondary N) is 1. The van der Waals surface area contributed by atoms with E-state index < -0.39 is 0 Å². The van der Waals surface area contributed by atoms with Gasteiger partial charge in [-0.25, -0.2) is 14.8 Å². The Hall–Kier alpha value is -2.47. The summed E-state index contributed by atoms with van der Waals surface area (Å²) < 4.78 is 4.82. The predicted molar refractivity (Wildman–Crippen MR) is 112 cm³/mol. The molecule has 150 valence electrons. The fourth-order valence-corrected chi connectivity index (χ4v) is 3.81. The number of benzene rings is 1. The summed E-state index contributed by atoms with van der Waals surface area (Å²) in [5.41, 5.74) is 4.49. The van der Waals surface area contributed by atoms with Crippen LogP contribution in [0.3, 0.4) is 0 Å². The van der Waals surface area contributed by atoms with Gasteiger partial charge in [-0.3, -0.25) is 0 Å². The Bertz CT molecular complexity index is 816. The summed E-state index contributed by atoms with van der Waals surface area (Å²) in [6, 6.07) is 5.60. The first-order valence-corrected chi connectivity index (χ1v) is 10.1. The number of esters is 1. The molecule has 0 bridgehead atoms. The van der Waals surface area contributed by atoms with Crippen molar-refractivity contribution < 1.29 is 9.53 Å². The van der Waals surface area contributed by atoms with E-state index in [4.69, 9.17) is 4.74 Å². The van der Waals surface area contributed by atoms with E-state index in [9.17, 15) is 4.79 Å². The lowest BCUT2D eigenvalue weighted by Crippen LogP contribution is -2.31. The van der Waals surface area contributed by atoms with Crippen LogP contribution in [0, 0.1) is 13.8 Å². The molecule has 28 heavy (non-hydrogen) atoms. The molecule has 0 radical (unpaired) electrons. The topological polar surface area (TPSA) is 67.3 Å². The Kier molecular flexibility index (Phi) is 6.98. The third-order valence-electron chi connectivity index (χ3n) is 5.35. The van der Waals surface area contributed by atoms with Gasteiger partial charge < -0.3 is 15.0 Å². The summed E-state index contributed by atoms with van der Waals surface area (Å²) in [5, 5.41) is 3.50. The molecule has 0 saturated carbocycles. The van der Waals surface area contributed by atoms with Crippen molar-refractivity contribution in [2.45, 2.75) is 39.5 Å². The second-order valence-corrected chi connectivity index (χ2v) is 7.39. The molecule has 0 aliphatic carbocycles. The number of carbonyl (C=O) groups excluding carboxylic acids is 1. The first-order chi connectivity index (χ1) is 13.6. The number of likely N-dealkylation sites (tertiary alicyclic amines) is 1. The van der Waals surface area contributed by atoms with E-state index in [-0.39, 0.29) is 5.97 Å². The van der Waals surface area contributed by atoms with Crippen LogP contribution >= 0.6 is 0 Å². The van der Waals surface area contributed by atoms with Gasteiger partial charge in [-0.2, -0.15) is 0 Å². The van der Waals surface area contributed by atoms with Gasteiger partial charge in [0.05, 0.1) is 18.4 Å². The van der Waals surface area contributed by atoms with Gasteiger partial charge in [0.2, 0.25) is 0 Å². The molecular formula is C22H30N4O2. The molecule has 1 aliphatic rings. The highest BCUT2D eigenvalue weighted by molar-refractivity contribution is 5.91. The molecule has 1 N–H and O–H groups in total. The highest BCUT2D eigenvalue weighted by Crippen LogP contribution is 2.31. The summed E-state index contributed by atoms with van der Waals surface area (Å²) >= 11 is 0. The largest absolute Gasteiger partial charge is 0.465 e. The average molecular weight is 383 g/mol. The van der Waals surface area contributed by atoms with E-state index in [1.165, 1.54) is 39.5 Å². The van der Waals surface area contributed by atoms with Crippen LogP contribution in [-0.4, -0.2) is 54.1 Å². The van der Waals surface area contributed by atoms with Crippen molar-refractivity contribution in [3.63, 3.8) is 0 Å². The minimum atomic E-state index is -0.327. The number of piperidine rings is 1. The van der Waals surface area contributed by atoms with Gasteiger partial charge in [0.1, 0.15) is 12.1 Å². The number of aryl methyl sites for hydroxylation is 2. The van der Waals surface area contributed by atoms with Crippen LogP contribution in [0.4, 0.5) is 5.82 Å². The first kappa shape index (κ1) is 20.3. The third kappa shape index (κ3) is 4.87. The van der Waals surface area contributed by atoms with Crippen molar-refractivity contribution in [2.75, 3.05) is 38.6 Å². The Labute approximate surface area is 167 Å². The SMILES string of the molecule is COC(=O)c1ccc(-c2c(C)ncnc2NCCCN2CCCCC2)c(C)c1. The lowest BCUT2D eigenvalue weighted by Gasteiger charge is -2.26. The summed E-state index contributed by atoms with van der Waals surface area (Å²) in [7, 11) is 1.40. The van der Waals surface area contributed by atoms with Crippen LogP contribution in [0.1, 0.15) is 47.3 Å². The van der Waals surface area contributed by atoms with Crippen molar-refractivity contribution in [3.8, 4) is 11.1 Å². The number of carbonyl (C=O) groups is 1. The zero-order valence-corrected chi connectivity index (χ0v) is 17.1. The monoisotopic (exact) mass is 382 g/mol. The average Bonchev–Trinajstić information content (AvgIpc) is 2.72. The van der Waals surface area contributed by atoms with E-state index in [2.05, 4.69) is 20.2 Å². The maximum absolute atomic E-state index is 11.8. The number of rotatable bonds is 7. The maximum Gasteiger partial charge on any atom is 0.337 e. The van der Waals surface area contributed by atoms with E-state index in [1.54, 1.807) is 12.4 Å². The molecule has 0 unspecified atom stereocenters. The van der Waals surface area contributed by atoms with E-state index in [1.807, 2.05) is 26.0 Å². The van der Waals surface area contributed by atoms with Gasteiger partial charge in [0.25, 0.3) is 0 Å². The van der Waals surface area contributed by atoms with E-state index in [0.717, 1.165) is 47.7 Å². The van der Waals surface area contributed by atoms with Crippen molar-refractivity contribution in [2.24, 2.45) is 0 Å². The number of hydrogen-bond acceptors (Lipinski definition) is 6. The Morgan fingerprint density at radius 1 is 1.18 bits per heavy atom. The number of anilines is 1. The van der Waals surface area contributed by atoms with E-state index >= 15 is 0 Å². The quantitative estimate of drug-likeness (QED) is 0.580. The molecule has 1 fully saturated rings. The van der Waals surface area contributed by atoms with Crippen molar-refractivity contribution in [1.29, 1.82) is 0 Å². The summed E-state index contributed by atoms with van der Waals surface area (Å²) in [4.78, 5) is 23.2. The van der Waals surface area contributed by atoms with Crippen LogP contribution in [0.5, 0.6) is 0 Å². The van der Waals surface area contributed by atoms with Gasteiger partial charge in [-0.05, 0) is 76.0 Å². The fraction of sp³-hybridized carbons (Fsp3) is 0.500. The highest BCUT2D eigenvalue weighted by Gasteiger charge is 2.15. The number of aromatic nitrogens is 2. The number of nitrogens with zero attached hydrogens (tertiary/aromatic N) is 3. The number of methoxy groups -OCH3 is 1. The lowest BCUT2D eigenvalue weighted by molar-refractivity contribution is 0.0600. The van der Waals surface area contributed by atoms with Gasteiger partial charge in [0, 0.05) is 12.1 Å². The predicted octanol–water partition coefficient (Wildman–Crippen LogP) is 3.83. The fourth-order valence-electron chi connectivity index (χ4n) is 3.81. The Morgan fingerprint density at radius 3 is 2.68 bits per heavy atom. The Morgan fingerprint density at radius 2 is 1.96 bits per heavy atom. The molecule has 1 saturated heterocycles. The minimum absolute atomic E-state index is 0.327. The molecule has 2 aromatic rings. The lowest BCUT2D eigenvalue weighted by atomic mass is 9.97. The van der Waals surface area contributed by atoms with Gasteiger partial charge in [-0.15, -0.1) is 0 Å². The second kappa shape index (κ2) is 9.64.